The van der Waals surface area contributed by atoms with E-state index in [0.717, 1.165) is 36.1 Å². The molecule has 1 aliphatic heterocycles. The number of halogens is 1. The lowest BCUT2D eigenvalue weighted by Gasteiger charge is -2.36. The summed E-state index contributed by atoms with van der Waals surface area (Å²) in [6.45, 7) is 4.28. The van der Waals surface area contributed by atoms with Crippen molar-refractivity contribution >= 4 is 27.5 Å². The van der Waals surface area contributed by atoms with E-state index in [1.54, 1.807) is 12.1 Å². The third-order valence-corrected chi connectivity index (χ3v) is 4.05. The second-order valence-electron chi connectivity index (χ2n) is 4.99. The summed E-state index contributed by atoms with van der Waals surface area (Å²) in [6.07, 6.45) is 2.16. The fraction of sp³-hybridized carbons (Fsp3) is 0.462. The van der Waals surface area contributed by atoms with Gasteiger partial charge in [-0.25, -0.2) is 0 Å². The Morgan fingerprint density at radius 1 is 1.44 bits per heavy atom. The molecule has 4 nitrogen and oxygen atoms in total. The molecule has 4 N–H and O–H groups in total. The first-order valence-electron chi connectivity index (χ1n) is 6.08. The second-order valence-corrected chi connectivity index (χ2v) is 5.85. The van der Waals surface area contributed by atoms with Crippen LogP contribution in [0.2, 0.25) is 0 Å². The average molecular weight is 312 g/mol. The molecular weight excluding hydrogens is 294 g/mol. The van der Waals surface area contributed by atoms with Crippen LogP contribution in [0.3, 0.4) is 0 Å². The lowest BCUT2D eigenvalue weighted by atomic mass is 9.90. The first kappa shape index (κ1) is 13.4. The largest absolute Gasteiger partial charge is 0.379 e. The molecule has 1 aromatic rings. The van der Waals surface area contributed by atoms with Gasteiger partial charge in [0.2, 0.25) is 5.91 Å². The standard InChI is InChI=1S/C13H18BrN3O/c1-13(4-6-16-7-5-13)17-11-3-2-9(12(15)18)8-10(11)14/h2-3,8,16-17H,4-7H2,1H3,(H2,15,18). The van der Waals surface area contributed by atoms with E-state index in [1.165, 1.54) is 0 Å². The van der Waals surface area contributed by atoms with E-state index in [0.29, 0.717) is 5.56 Å². The molecule has 1 aliphatic rings. The van der Waals surface area contributed by atoms with E-state index in [1.807, 2.05) is 6.07 Å². The van der Waals surface area contributed by atoms with Crippen molar-refractivity contribution in [3.63, 3.8) is 0 Å². The van der Waals surface area contributed by atoms with Gasteiger partial charge in [-0.05, 0) is 67.0 Å². The Morgan fingerprint density at radius 3 is 2.67 bits per heavy atom. The average Bonchev–Trinajstić information content (AvgIpc) is 2.32. The van der Waals surface area contributed by atoms with E-state index in [4.69, 9.17) is 5.73 Å². The minimum absolute atomic E-state index is 0.0992. The summed E-state index contributed by atoms with van der Waals surface area (Å²) in [5, 5.41) is 6.90. The SMILES string of the molecule is CC1(Nc2ccc(C(N)=O)cc2Br)CCNCC1. The van der Waals surface area contributed by atoms with Crippen LogP contribution in [0.1, 0.15) is 30.1 Å². The smallest absolute Gasteiger partial charge is 0.248 e. The number of carbonyl (C=O) groups is 1. The van der Waals surface area contributed by atoms with Gasteiger partial charge in [0.1, 0.15) is 0 Å². The van der Waals surface area contributed by atoms with Gasteiger partial charge in [0.05, 0.1) is 0 Å². The Balaban J connectivity index is 2.16. The number of hydrogen-bond acceptors (Lipinski definition) is 3. The number of rotatable bonds is 3. The van der Waals surface area contributed by atoms with E-state index >= 15 is 0 Å². The second kappa shape index (κ2) is 5.28. The Bertz CT molecular complexity index is 456. The fourth-order valence-electron chi connectivity index (χ4n) is 2.20. The Labute approximate surface area is 115 Å². The number of hydrogen-bond donors (Lipinski definition) is 3. The summed E-state index contributed by atoms with van der Waals surface area (Å²) >= 11 is 3.48. The molecule has 1 amide bonds. The highest BCUT2D eigenvalue weighted by Crippen LogP contribution is 2.29. The van der Waals surface area contributed by atoms with Crippen molar-refractivity contribution < 1.29 is 4.79 Å². The van der Waals surface area contributed by atoms with Crippen molar-refractivity contribution in [2.24, 2.45) is 5.73 Å². The Hall–Kier alpha value is -1.07. The van der Waals surface area contributed by atoms with E-state index in [2.05, 4.69) is 33.5 Å². The van der Waals surface area contributed by atoms with Crippen LogP contribution in [0.25, 0.3) is 0 Å². The van der Waals surface area contributed by atoms with Gasteiger partial charge in [0, 0.05) is 21.3 Å². The lowest BCUT2D eigenvalue weighted by Crippen LogP contribution is -2.45. The highest BCUT2D eigenvalue weighted by molar-refractivity contribution is 9.10. The van der Waals surface area contributed by atoms with E-state index < -0.39 is 5.91 Å². The normalized spacial score (nSPS) is 18.3. The summed E-state index contributed by atoms with van der Waals surface area (Å²) in [5.74, 6) is -0.407. The maximum absolute atomic E-state index is 11.1. The number of benzene rings is 1. The number of nitrogens with two attached hydrogens (primary N) is 1. The number of primary amides is 1. The predicted octanol–water partition coefficient (Wildman–Crippen LogP) is 2.10. The molecule has 1 fully saturated rings. The molecule has 1 aromatic carbocycles. The molecular formula is C13H18BrN3O. The van der Waals surface area contributed by atoms with Gasteiger partial charge in [0.15, 0.2) is 0 Å². The van der Waals surface area contributed by atoms with Crippen molar-refractivity contribution in [2.75, 3.05) is 18.4 Å². The molecule has 1 saturated heterocycles. The lowest BCUT2D eigenvalue weighted by molar-refractivity contribution is 0.100. The topological polar surface area (TPSA) is 67.1 Å². The summed E-state index contributed by atoms with van der Waals surface area (Å²) in [5.41, 5.74) is 6.87. The molecule has 18 heavy (non-hydrogen) atoms. The minimum atomic E-state index is -0.407. The summed E-state index contributed by atoms with van der Waals surface area (Å²) < 4.78 is 0.874. The maximum atomic E-state index is 11.1. The van der Waals surface area contributed by atoms with Crippen LogP contribution < -0.4 is 16.4 Å². The number of carbonyl (C=O) groups excluding carboxylic acids is 1. The maximum Gasteiger partial charge on any atom is 0.248 e. The Kier molecular flexibility index (Phi) is 3.92. The first-order valence-corrected chi connectivity index (χ1v) is 6.88. The van der Waals surface area contributed by atoms with Gasteiger partial charge in [0.25, 0.3) is 0 Å². The van der Waals surface area contributed by atoms with E-state index in [9.17, 15) is 4.79 Å². The van der Waals surface area contributed by atoms with Crippen LogP contribution in [0, 0.1) is 0 Å². The molecule has 5 heteroatoms. The molecule has 0 radical (unpaired) electrons. The quantitative estimate of drug-likeness (QED) is 0.801. The molecule has 0 aromatic heterocycles. The van der Waals surface area contributed by atoms with Gasteiger partial charge in [-0.3, -0.25) is 4.79 Å². The van der Waals surface area contributed by atoms with Gasteiger partial charge in [-0.1, -0.05) is 0 Å². The summed E-state index contributed by atoms with van der Waals surface area (Å²) in [6, 6.07) is 5.41. The van der Waals surface area contributed by atoms with E-state index in [-0.39, 0.29) is 5.54 Å². The number of amides is 1. The van der Waals surface area contributed by atoms with Crippen molar-refractivity contribution in [1.82, 2.24) is 5.32 Å². The molecule has 0 atom stereocenters. The third-order valence-electron chi connectivity index (χ3n) is 3.40. The third kappa shape index (κ3) is 3.03. The predicted molar refractivity (Wildman–Crippen MR) is 76.8 cm³/mol. The summed E-state index contributed by atoms with van der Waals surface area (Å²) in [7, 11) is 0. The molecule has 98 valence electrons. The highest BCUT2D eigenvalue weighted by atomic mass is 79.9. The molecule has 2 rings (SSSR count). The Morgan fingerprint density at radius 2 is 2.11 bits per heavy atom. The zero-order valence-corrected chi connectivity index (χ0v) is 12.0. The van der Waals surface area contributed by atoms with Crippen LogP contribution in [-0.2, 0) is 0 Å². The summed E-state index contributed by atoms with van der Waals surface area (Å²) in [4.78, 5) is 11.1. The molecule has 0 aliphatic carbocycles. The van der Waals surface area contributed by atoms with Crippen molar-refractivity contribution in [3.8, 4) is 0 Å². The number of piperidine rings is 1. The molecule has 0 bridgehead atoms. The van der Waals surface area contributed by atoms with Crippen LogP contribution in [0.5, 0.6) is 0 Å². The van der Waals surface area contributed by atoms with Crippen molar-refractivity contribution in [2.45, 2.75) is 25.3 Å². The van der Waals surface area contributed by atoms with Crippen LogP contribution in [-0.4, -0.2) is 24.5 Å². The van der Waals surface area contributed by atoms with Crippen molar-refractivity contribution in [1.29, 1.82) is 0 Å². The van der Waals surface area contributed by atoms with Gasteiger partial charge in [-0.15, -0.1) is 0 Å². The number of nitrogens with one attached hydrogen (secondary N) is 2. The van der Waals surface area contributed by atoms with Crippen molar-refractivity contribution in [3.05, 3.63) is 28.2 Å². The number of anilines is 1. The first-order chi connectivity index (χ1) is 8.50. The highest BCUT2D eigenvalue weighted by Gasteiger charge is 2.26. The van der Waals surface area contributed by atoms with Gasteiger partial charge < -0.3 is 16.4 Å². The molecule has 0 saturated carbocycles. The van der Waals surface area contributed by atoms with Gasteiger partial charge >= 0.3 is 0 Å². The van der Waals surface area contributed by atoms with Gasteiger partial charge in [-0.2, -0.15) is 0 Å². The van der Waals surface area contributed by atoms with Crippen LogP contribution >= 0.6 is 15.9 Å². The molecule has 0 spiro atoms. The molecule has 1 heterocycles. The fourth-order valence-corrected chi connectivity index (χ4v) is 2.68. The van der Waals surface area contributed by atoms with Crippen LogP contribution in [0.15, 0.2) is 22.7 Å². The monoisotopic (exact) mass is 311 g/mol. The van der Waals surface area contributed by atoms with Crippen LogP contribution in [0.4, 0.5) is 5.69 Å². The molecule has 0 unspecified atom stereocenters. The zero-order chi connectivity index (χ0) is 13.2. The minimum Gasteiger partial charge on any atom is -0.379 e. The zero-order valence-electron chi connectivity index (χ0n) is 10.4.